The maximum absolute atomic E-state index is 6.20. The highest BCUT2D eigenvalue weighted by molar-refractivity contribution is 9.10. The standard InChI is InChI=1S/C15H15BrClNO/c1-10-3-6-15(19-2)14(7-10)18-9-11-4-5-12(16)8-13(11)17/h3-8,18H,9H2,1-2H3. The molecule has 1 N–H and O–H groups in total. The number of hydrogen-bond acceptors (Lipinski definition) is 2. The largest absolute Gasteiger partial charge is 0.495 e. The Morgan fingerprint density at radius 3 is 2.68 bits per heavy atom. The molecule has 0 atom stereocenters. The normalized spacial score (nSPS) is 10.3. The fraction of sp³-hybridized carbons (Fsp3) is 0.200. The van der Waals surface area contributed by atoms with Crippen molar-refractivity contribution < 1.29 is 4.74 Å². The van der Waals surface area contributed by atoms with Crippen LogP contribution in [0.1, 0.15) is 11.1 Å². The van der Waals surface area contributed by atoms with Crippen LogP contribution in [0.3, 0.4) is 0 Å². The van der Waals surface area contributed by atoms with E-state index in [9.17, 15) is 0 Å². The van der Waals surface area contributed by atoms with Crippen LogP contribution < -0.4 is 10.1 Å². The number of methoxy groups -OCH3 is 1. The second kappa shape index (κ2) is 6.31. The third-order valence-corrected chi connectivity index (χ3v) is 3.68. The smallest absolute Gasteiger partial charge is 0.141 e. The molecule has 0 amide bonds. The first-order valence-electron chi connectivity index (χ1n) is 5.92. The minimum Gasteiger partial charge on any atom is -0.495 e. The van der Waals surface area contributed by atoms with E-state index in [0.29, 0.717) is 6.54 Å². The summed E-state index contributed by atoms with van der Waals surface area (Å²) in [5.41, 5.74) is 3.21. The van der Waals surface area contributed by atoms with Crippen LogP contribution in [0.2, 0.25) is 5.02 Å². The quantitative estimate of drug-likeness (QED) is 0.842. The molecule has 2 aromatic rings. The minimum atomic E-state index is 0.659. The van der Waals surface area contributed by atoms with Crippen molar-refractivity contribution >= 4 is 33.2 Å². The molecule has 0 aliphatic rings. The highest BCUT2D eigenvalue weighted by Gasteiger charge is 2.05. The number of hydrogen-bond donors (Lipinski definition) is 1. The monoisotopic (exact) mass is 339 g/mol. The summed E-state index contributed by atoms with van der Waals surface area (Å²) in [4.78, 5) is 0. The number of halogens is 2. The van der Waals surface area contributed by atoms with E-state index >= 15 is 0 Å². The van der Waals surface area contributed by atoms with Crippen molar-refractivity contribution in [1.82, 2.24) is 0 Å². The Bertz CT molecular complexity index is 586. The lowest BCUT2D eigenvalue weighted by atomic mass is 10.2. The summed E-state index contributed by atoms with van der Waals surface area (Å²) in [6, 6.07) is 11.9. The van der Waals surface area contributed by atoms with Crippen LogP contribution in [-0.4, -0.2) is 7.11 Å². The molecule has 0 aliphatic carbocycles. The molecule has 2 rings (SSSR count). The Hall–Kier alpha value is -1.19. The molecule has 2 aromatic carbocycles. The summed E-state index contributed by atoms with van der Waals surface area (Å²) < 4.78 is 6.32. The minimum absolute atomic E-state index is 0.659. The molecule has 4 heteroatoms. The molecule has 0 radical (unpaired) electrons. The Morgan fingerprint density at radius 1 is 1.21 bits per heavy atom. The summed E-state index contributed by atoms with van der Waals surface area (Å²) in [7, 11) is 1.67. The summed E-state index contributed by atoms with van der Waals surface area (Å²) in [5, 5.41) is 4.10. The molecule has 0 fully saturated rings. The first-order valence-corrected chi connectivity index (χ1v) is 7.09. The lowest BCUT2D eigenvalue weighted by Gasteiger charge is -2.13. The van der Waals surface area contributed by atoms with Gasteiger partial charge in [-0.15, -0.1) is 0 Å². The van der Waals surface area contributed by atoms with Crippen molar-refractivity contribution in [3.8, 4) is 5.75 Å². The third-order valence-electron chi connectivity index (χ3n) is 2.84. The Balaban J connectivity index is 2.16. The molecule has 19 heavy (non-hydrogen) atoms. The predicted octanol–water partition coefficient (Wildman–Crippen LogP) is 5.03. The van der Waals surface area contributed by atoms with Crippen LogP contribution in [0.15, 0.2) is 40.9 Å². The van der Waals surface area contributed by atoms with Crippen molar-refractivity contribution in [1.29, 1.82) is 0 Å². The van der Waals surface area contributed by atoms with Crippen molar-refractivity contribution in [2.45, 2.75) is 13.5 Å². The van der Waals surface area contributed by atoms with Gasteiger partial charge in [-0.2, -0.15) is 0 Å². The molecule has 0 saturated heterocycles. The van der Waals surface area contributed by atoms with Crippen LogP contribution in [0.4, 0.5) is 5.69 Å². The van der Waals surface area contributed by atoms with Gasteiger partial charge in [-0.1, -0.05) is 39.7 Å². The summed E-state index contributed by atoms with van der Waals surface area (Å²) in [6.07, 6.45) is 0. The fourth-order valence-electron chi connectivity index (χ4n) is 1.82. The van der Waals surface area contributed by atoms with Gasteiger partial charge in [-0.25, -0.2) is 0 Å². The number of anilines is 1. The van der Waals surface area contributed by atoms with E-state index in [1.54, 1.807) is 7.11 Å². The van der Waals surface area contributed by atoms with Gasteiger partial charge in [0.25, 0.3) is 0 Å². The molecule has 100 valence electrons. The second-order valence-electron chi connectivity index (χ2n) is 4.29. The van der Waals surface area contributed by atoms with Crippen molar-refractivity contribution in [3.05, 3.63) is 57.0 Å². The Labute approximate surface area is 126 Å². The maximum atomic E-state index is 6.20. The van der Waals surface area contributed by atoms with Crippen molar-refractivity contribution in [3.63, 3.8) is 0 Å². The average molecular weight is 341 g/mol. The summed E-state index contributed by atoms with van der Waals surface area (Å²) in [5.74, 6) is 0.832. The van der Waals surface area contributed by atoms with Crippen molar-refractivity contribution in [2.75, 3.05) is 12.4 Å². The fourth-order valence-corrected chi connectivity index (χ4v) is 2.56. The van der Waals surface area contributed by atoms with Gasteiger partial charge in [0.05, 0.1) is 12.8 Å². The topological polar surface area (TPSA) is 21.3 Å². The summed E-state index contributed by atoms with van der Waals surface area (Å²) >= 11 is 9.60. The second-order valence-corrected chi connectivity index (χ2v) is 5.62. The molecule has 0 saturated carbocycles. The van der Waals surface area contributed by atoms with Gasteiger partial charge in [0.15, 0.2) is 0 Å². The Kier molecular flexibility index (Phi) is 4.72. The average Bonchev–Trinajstić information content (AvgIpc) is 2.38. The van der Waals surface area contributed by atoms with E-state index in [1.165, 1.54) is 5.56 Å². The summed E-state index contributed by atoms with van der Waals surface area (Å²) in [6.45, 7) is 2.71. The van der Waals surface area contributed by atoms with E-state index in [4.69, 9.17) is 16.3 Å². The van der Waals surface area contributed by atoms with Crippen molar-refractivity contribution in [2.24, 2.45) is 0 Å². The third kappa shape index (κ3) is 3.64. The zero-order valence-corrected chi connectivity index (χ0v) is 13.2. The SMILES string of the molecule is COc1ccc(C)cc1NCc1ccc(Br)cc1Cl. The van der Waals surface area contributed by atoms with Gasteiger partial charge in [-0.05, 0) is 42.3 Å². The molecular formula is C15H15BrClNO. The van der Waals surface area contributed by atoms with Gasteiger partial charge in [0.2, 0.25) is 0 Å². The number of aryl methyl sites for hydroxylation is 1. The first-order chi connectivity index (χ1) is 9.10. The van der Waals surface area contributed by atoms with E-state index in [0.717, 1.165) is 26.5 Å². The van der Waals surface area contributed by atoms with Gasteiger partial charge in [0.1, 0.15) is 5.75 Å². The van der Waals surface area contributed by atoms with E-state index < -0.39 is 0 Å². The highest BCUT2D eigenvalue weighted by Crippen LogP contribution is 2.27. The number of rotatable bonds is 4. The number of ether oxygens (including phenoxy) is 1. The van der Waals surface area contributed by atoms with Crippen LogP contribution in [0.25, 0.3) is 0 Å². The van der Waals surface area contributed by atoms with E-state index in [-0.39, 0.29) is 0 Å². The molecule has 0 unspecified atom stereocenters. The van der Waals surface area contributed by atoms with Crippen LogP contribution in [0, 0.1) is 6.92 Å². The number of nitrogens with one attached hydrogen (secondary N) is 1. The molecule has 0 aliphatic heterocycles. The number of benzene rings is 2. The zero-order chi connectivity index (χ0) is 13.8. The lowest BCUT2D eigenvalue weighted by Crippen LogP contribution is -2.02. The molecule has 2 nitrogen and oxygen atoms in total. The van der Waals surface area contributed by atoms with Gasteiger partial charge < -0.3 is 10.1 Å². The van der Waals surface area contributed by atoms with Crippen LogP contribution in [0.5, 0.6) is 5.75 Å². The predicted molar refractivity (Wildman–Crippen MR) is 84.2 cm³/mol. The molecule has 0 aromatic heterocycles. The van der Waals surface area contributed by atoms with Crippen LogP contribution >= 0.6 is 27.5 Å². The molecular weight excluding hydrogens is 326 g/mol. The zero-order valence-electron chi connectivity index (χ0n) is 10.8. The van der Waals surface area contributed by atoms with Crippen LogP contribution in [-0.2, 0) is 6.54 Å². The van der Waals surface area contributed by atoms with Gasteiger partial charge >= 0.3 is 0 Å². The molecule has 0 heterocycles. The van der Waals surface area contributed by atoms with Gasteiger partial charge in [-0.3, -0.25) is 0 Å². The van der Waals surface area contributed by atoms with E-state index in [1.807, 2.05) is 30.3 Å². The first kappa shape index (κ1) is 14.2. The maximum Gasteiger partial charge on any atom is 0.141 e. The highest BCUT2D eigenvalue weighted by atomic mass is 79.9. The lowest BCUT2D eigenvalue weighted by molar-refractivity contribution is 0.416. The molecule has 0 spiro atoms. The molecule has 0 bridgehead atoms. The van der Waals surface area contributed by atoms with E-state index in [2.05, 4.69) is 34.2 Å². The Morgan fingerprint density at radius 2 is 2.00 bits per heavy atom. The van der Waals surface area contributed by atoms with Gasteiger partial charge in [0, 0.05) is 16.0 Å².